The molecular formula is C18H25N5O. The lowest BCUT2D eigenvalue weighted by molar-refractivity contribution is 0.206. The molecule has 0 aliphatic heterocycles. The maximum atomic E-state index is 12.2. The van der Waals surface area contributed by atoms with Gasteiger partial charge < -0.3 is 14.8 Å². The predicted octanol–water partition coefficient (Wildman–Crippen LogP) is 2.60. The van der Waals surface area contributed by atoms with Gasteiger partial charge in [-0.1, -0.05) is 38.1 Å². The summed E-state index contributed by atoms with van der Waals surface area (Å²) in [5.74, 6) is 0.995. The SMILES string of the molecule is CC(C)c1ccc([C@H]2C[C@@H]2NC(=O)N(C)CCn2cnnc2)cc1. The van der Waals surface area contributed by atoms with Crippen LogP contribution < -0.4 is 5.32 Å². The number of likely N-dealkylation sites (N-methyl/N-ethyl adjacent to an activating group) is 1. The second-order valence-corrected chi connectivity index (χ2v) is 6.84. The molecule has 1 aliphatic rings. The highest BCUT2D eigenvalue weighted by Gasteiger charge is 2.39. The van der Waals surface area contributed by atoms with Crippen molar-refractivity contribution < 1.29 is 4.79 Å². The van der Waals surface area contributed by atoms with Crippen LogP contribution in [0.5, 0.6) is 0 Å². The molecule has 24 heavy (non-hydrogen) atoms. The molecule has 6 nitrogen and oxygen atoms in total. The zero-order chi connectivity index (χ0) is 17.1. The molecule has 1 saturated carbocycles. The van der Waals surface area contributed by atoms with Crippen LogP contribution in [0.3, 0.4) is 0 Å². The van der Waals surface area contributed by atoms with Gasteiger partial charge in [0, 0.05) is 32.1 Å². The van der Waals surface area contributed by atoms with Crippen LogP contribution in [0, 0.1) is 0 Å². The lowest BCUT2D eigenvalue weighted by Gasteiger charge is -2.18. The monoisotopic (exact) mass is 327 g/mol. The summed E-state index contributed by atoms with van der Waals surface area (Å²) >= 11 is 0. The molecule has 1 heterocycles. The topological polar surface area (TPSA) is 63.1 Å². The molecule has 0 unspecified atom stereocenters. The molecule has 0 radical (unpaired) electrons. The molecule has 1 aliphatic carbocycles. The molecule has 0 spiro atoms. The zero-order valence-electron chi connectivity index (χ0n) is 14.5. The Bertz CT molecular complexity index is 665. The van der Waals surface area contributed by atoms with E-state index in [4.69, 9.17) is 0 Å². The average molecular weight is 327 g/mol. The molecule has 1 N–H and O–H groups in total. The van der Waals surface area contributed by atoms with Crippen molar-refractivity contribution in [2.45, 2.75) is 44.7 Å². The average Bonchev–Trinajstić information content (AvgIpc) is 3.14. The van der Waals surface area contributed by atoms with Crippen LogP contribution in [-0.2, 0) is 6.54 Å². The molecule has 128 valence electrons. The first-order valence-corrected chi connectivity index (χ1v) is 8.48. The summed E-state index contributed by atoms with van der Waals surface area (Å²) in [5, 5.41) is 10.6. The molecule has 1 aromatic carbocycles. The van der Waals surface area contributed by atoms with E-state index in [9.17, 15) is 4.79 Å². The van der Waals surface area contributed by atoms with Crippen molar-refractivity contribution in [2.24, 2.45) is 0 Å². The van der Waals surface area contributed by atoms with Gasteiger partial charge in [-0.15, -0.1) is 10.2 Å². The fraction of sp³-hybridized carbons (Fsp3) is 0.500. The normalized spacial score (nSPS) is 19.3. The Morgan fingerprint density at radius 2 is 1.96 bits per heavy atom. The second kappa shape index (κ2) is 7.03. The first-order chi connectivity index (χ1) is 11.5. The number of urea groups is 1. The van der Waals surface area contributed by atoms with Crippen LogP contribution in [0.2, 0.25) is 0 Å². The zero-order valence-corrected chi connectivity index (χ0v) is 14.5. The van der Waals surface area contributed by atoms with Crippen molar-refractivity contribution in [3.05, 3.63) is 48.0 Å². The van der Waals surface area contributed by atoms with E-state index in [1.54, 1.807) is 17.6 Å². The van der Waals surface area contributed by atoms with Crippen molar-refractivity contribution in [2.75, 3.05) is 13.6 Å². The molecule has 2 atom stereocenters. The van der Waals surface area contributed by atoms with Crippen LogP contribution in [0.1, 0.15) is 43.2 Å². The Labute approximate surface area is 142 Å². The first kappa shape index (κ1) is 16.5. The second-order valence-electron chi connectivity index (χ2n) is 6.84. The number of benzene rings is 1. The Balaban J connectivity index is 1.46. The standard InChI is InChI=1S/C18H25N5O/c1-13(2)14-4-6-15(7-5-14)16-10-17(16)21-18(24)22(3)8-9-23-11-19-20-12-23/h4-7,11-13,16-17H,8-10H2,1-3H3,(H,21,24)/t16-,17+/m1/s1. The minimum absolute atomic E-state index is 0.0191. The summed E-state index contributed by atoms with van der Waals surface area (Å²) in [6.07, 6.45) is 4.33. The molecule has 2 aromatic rings. The van der Waals surface area contributed by atoms with Gasteiger partial charge in [0.05, 0.1) is 0 Å². The Morgan fingerprint density at radius 3 is 2.58 bits per heavy atom. The van der Waals surface area contributed by atoms with Crippen LogP contribution in [-0.4, -0.2) is 45.3 Å². The fourth-order valence-corrected chi connectivity index (χ4v) is 2.82. The molecule has 0 saturated heterocycles. The van der Waals surface area contributed by atoms with Crippen LogP contribution >= 0.6 is 0 Å². The molecular weight excluding hydrogens is 302 g/mol. The number of carbonyl (C=O) groups excluding carboxylic acids is 1. The van der Waals surface area contributed by atoms with Crippen molar-refractivity contribution in [3.8, 4) is 0 Å². The minimum atomic E-state index is -0.0191. The molecule has 0 bridgehead atoms. The van der Waals surface area contributed by atoms with Gasteiger partial charge in [-0.2, -0.15) is 0 Å². The molecule has 6 heteroatoms. The Kier molecular flexibility index (Phi) is 4.83. The summed E-state index contributed by atoms with van der Waals surface area (Å²) in [5.41, 5.74) is 2.67. The number of hydrogen-bond donors (Lipinski definition) is 1. The van der Waals surface area contributed by atoms with Gasteiger partial charge in [0.1, 0.15) is 12.7 Å². The van der Waals surface area contributed by atoms with Gasteiger partial charge in [-0.25, -0.2) is 4.79 Å². The number of aromatic nitrogens is 3. The smallest absolute Gasteiger partial charge is 0.317 e. The Morgan fingerprint density at radius 1 is 1.29 bits per heavy atom. The van der Waals surface area contributed by atoms with E-state index in [0.29, 0.717) is 24.9 Å². The lowest BCUT2D eigenvalue weighted by atomic mass is 10.0. The Hall–Kier alpha value is -2.37. The summed E-state index contributed by atoms with van der Waals surface area (Å²) in [6.45, 7) is 5.72. The summed E-state index contributed by atoms with van der Waals surface area (Å²) < 4.78 is 1.86. The summed E-state index contributed by atoms with van der Waals surface area (Å²) in [4.78, 5) is 14.0. The van der Waals surface area contributed by atoms with Crippen molar-refractivity contribution in [1.82, 2.24) is 25.0 Å². The highest BCUT2D eigenvalue weighted by Crippen LogP contribution is 2.41. The maximum Gasteiger partial charge on any atom is 0.317 e. The third-order valence-corrected chi connectivity index (χ3v) is 4.64. The van der Waals surface area contributed by atoms with Crippen LogP contribution in [0.4, 0.5) is 4.79 Å². The lowest BCUT2D eigenvalue weighted by Crippen LogP contribution is -2.40. The van der Waals surface area contributed by atoms with E-state index in [1.807, 2.05) is 11.6 Å². The maximum absolute atomic E-state index is 12.2. The van der Waals surface area contributed by atoms with Crippen molar-refractivity contribution in [3.63, 3.8) is 0 Å². The first-order valence-electron chi connectivity index (χ1n) is 8.48. The number of hydrogen-bond acceptors (Lipinski definition) is 3. The van der Waals surface area contributed by atoms with Gasteiger partial charge >= 0.3 is 6.03 Å². The fourth-order valence-electron chi connectivity index (χ4n) is 2.82. The van der Waals surface area contributed by atoms with Gasteiger partial charge in [0.15, 0.2) is 0 Å². The number of nitrogens with one attached hydrogen (secondary N) is 1. The molecule has 3 rings (SSSR count). The summed E-state index contributed by atoms with van der Waals surface area (Å²) in [6, 6.07) is 9.02. The highest BCUT2D eigenvalue weighted by molar-refractivity contribution is 5.74. The van der Waals surface area contributed by atoms with Crippen LogP contribution in [0.25, 0.3) is 0 Å². The number of amides is 2. The van der Waals surface area contributed by atoms with Gasteiger partial charge in [-0.3, -0.25) is 0 Å². The van der Waals surface area contributed by atoms with E-state index < -0.39 is 0 Å². The molecule has 1 fully saturated rings. The minimum Gasteiger partial charge on any atom is -0.335 e. The molecule has 1 aromatic heterocycles. The van der Waals surface area contributed by atoms with E-state index in [-0.39, 0.29) is 12.1 Å². The van der Waals surface area contributed by atoms with Gasteiger partial charge in [0.25, 0.3) is 0 Å². The third-order valence-electron chi connectivity index (χ3n) is 4.64. The van der Waals surface area contributed by atoms with Crippen molar-refractivity contribution in [1.29, 1.82) is 0 Å². The van der Waals surface area contributed by atoms with E-state index in [0.717, 1.165) is 6.42 Å². The third kappa shape index (κ3) is 3.93. The van der Waals surface area contributed by atoms with Crippen molar-refractivity contribution >= 4 is 6.03 Å². The number of carbonyl (C=O) groups is 1. The largest absolute Gasteiger partial charge is 0.335 e. The van der Waals surface area contributed by atoms with E-state index in [2.05, 4.69) is 53.6 Å². The van der Waals surface area contributed by atoms with E-state index in [1.165, 1.54) is 11.1 Å². The molecule has 2 amide bonds. The van der Waals surface area contributed by atoms with Crippen LogP contribution in [0.15, 0.2) is 36.9 Å². The highest BCUT2D eigenvalue weighted by atomic mass is 16.2. The number of rotatable bonds is 6. The summed E-state index contributed by atoms with van der Waals surface area (Å²) in [7, 11) is 1.81. The van der Waals surface area contributed by atoms with E-state index >= 15 is 0 Å². The van der Waals surface area contributed by atoms with Gasteiger partial charge in [0.2, 0.25) is 0 Å². The number of nitrogens with zero attached hydrogens (tertiary/aromatic N) is 4. The predicted molar refractivity (Wildman–Crippen MR) is 92.9 cm³/mol. The van der Waals surface area contributed by atoms with Gasteiger partial charge in [-0.05, 0) is 23.5 Å². The quantitative estimate of drug-likeness (QED) is 0.887.